The lowest BCUT2D eigenvalue weighted by Gasteiger charge is -2.26. The van der Waals surface area contributed by atoms with Crippen LogP contribution in [-0.4, -0.2) is 40.4 Å². The third kappa shape index (κ3) is 4.35. The smallest absolute Gasteiger partial charge is 0.308 e. The van der Waals surface area contributed by atoms with Gasteiger partial charge in [-0.3, -0.25) is 14.4 Å². The molecule has 2 N–H and O–H groups in total. The topological polar surface area (TPSA) is 86.7 Å². The average molecular weight is 397 g/mol. The quantitative estimate of drug-likeness (QED) is 0.799. The van der Waals surface area contributed by atoms with Crippen molar-refractivity contribution in [1.29, 1.82) is 0 Å². The first-order valence-electron chi connectivity index (χ1n) is 7.84. The van der Waals surface area contributed by atoms with Crippen LogP contribution in [0.3, 0.4) is 0 Å². The SMILES string of the molecule is CC(=O)NC(CC(=O)N1CCC(C(=O)O)C1C)c1ccc(Br)cc1. The first kappa shape index (κ1) is 18.4. The molecule has 0 aromatic heterocycles. The van der Waals surface area contributed by atoms with E-state index in [1.807, 2.05) is 24.3 Å². The molecule has 2 amide bonds. The molecule has 2 rings (SSSR count). The number of rotatable bonds is 5. The molecule has 24 heavy (non-hydrogen) atoms. The number of carboxylic acid groups (broad SMARTS) is 1. The van der Waals surface area contributed by atoms with Gasteiger partial charge in [-0.15, -0.1) is 0 Å². The Balaban J connectivity index is 2.11. The summed E-state index contributed by atoms with van der Waals surface area (Å²) in [4.78, 5) is 36.9. The lowest BCUT2D eigenvalue weighted by Crippen LogP contribution is -2.40. The molecule has 3 unspecified atom stereocenters. The van der Waals surface area contributed by atoms with Crippen molar-refractivity contribution in [3.8, 4) is 0 Å². The molecule has 1 aromatic carbocycles. The van der Waals surface area contributed by atoms with Gasteiger partial charge in [-0.1, -0.05) is 28.1 Å². The number of nitrogens with one attached hydrogen (secondary N) is 1. The molecule has 0 spiro atoms. The van der Waals surface area contributed by atoms with Crippen LogP contribution in [0.15, 0.2) is 28.7 Å². The van der Waals surface area contributed by atoms with E-state index in [4.69, 9.17) is 0 Å². The Morgan fingerprint density at radius 3 is 2.46 bits per heavy atom. The van der Waals surface area contributed by atoms with Crippen molar-refractivity contribution in [3.63, 3.8) is 0 Å². The van der Waals surface area contributed by atoms with E-state index in [2.05, 4.69) is 21.2 Å². The highest BCUT2D eigenvalue weighted by atomic mass is 79.9. The van der Waals surface area contributed by atoms with Crippen molar-refractivity contribution < 1.29 is 19.5 Å². The molecule has 7 heteroatoms. The van der Waals surface area contributed by atoms with E-state index in [9.17, 15) is 19.5 Å². The van der Waals surface area contributed by atoms with Crippen LogP contribution in [-0.2, 0) is 14.4 Å². The van der Waals surface area contributed by atoms with Gasteiger partial charge in [0.15, 0.2) is 0 Å². The molecule has 130 valence electrons. The predicted molar refractivity (Wildman–Crippen MR) is 92.2 cm³/mol. The third-order valence-corrected chi connectivity index (χ3v) is 4.95. The summed E-state index contributed by atoms with van der Waals surface area (Å²) in [7, 11) is 0. The Kier molecular flexibility index (Phi) is 5.99. The van der Waals surface area contributed by atoms with Gasteiger partial charge in [0.1, 0.15) is 0 Å². The molecule has 0 saturated carbocycles. The van der Waals surface area contributed by atoms with E-state index in [-0.39, 0.29) is 24.3 Å². The molecule has 0 bridgehead atoms. The summed E-state index contributed by atoms with van der Waals surface area (Å²) >= 11 is 3.36. The highest BCUT2D eigenvalue weighted by molar-refractivity contribution is 9.10. The predicted octanol–water partition coefficient (Wildman–Crippen LogP) is 2.34. The molecule has 1 aliphatic rings. The van der Waals surface area contributed by atoms with Gasteiger partial charge < -0.3 is 15.3 Å². The summed E-state index contributed by atoms with van der Waals surface area (Å²) in [5.74, 6) is -1.76. The Bertz CT molecular complexity index is 632. The number of likely N-dealkylation sites (tertiary alicyclic amines) is 1. The third-order valence-electron chi connectivity index (χ3n) is 4.42. The van der Waals surface area contributed by atoms with Crippen molar-refractivity contribution in [2.45, 2.75) is 38.8 Å². The minimum absolute atomic E-state index is 0.109. The molecule has 1 aliphatic heterocycles. The standard InChI is InChI=1S/C17H21BrN2O4/c1-10-14(17(23)24)7-8-20(10)16(22)9-15(19-11(2)21)12-3-5-13(18)6-4-12/h3-6,10,14-15H,7-9H2,1-2H3,(H,19,21)(H,23,24). The zero-order valence-electron chi connectivity index (χ0n) is 13.7. The van der Waals surface area contributed by atoms with Gasteiger partial charge in [0.2, 0.25) is 11.8 Å². The molecule has 0 radical (unpaired) electrons. The van der Waals surface area contributed by atoms with Gasteiger partial charge in [-0.2, -0.15) is 0 Å². The number of halogens is 1. The fraction of sp³-hybridized carbons (Fsp3) is 0.471. The maximum Gasteiger partial charge on any atom is 0.308 e. The number of carboxylic acids is 1. The number of carbonyl (C=O) groups excluding carboxylic acids is 2. The van der Waals surface area contributed by atoms with E-state index in [1.54, 1.807) is 11.8 Å². The highest BCUT2D eigenvalue weighted by Gasteiger charge is 2.38. The maximum atomic E-state index is 12.6. The number of hydrogen-bond acceptors (Lipinski definition) is 3. The molecule has 6 nitrogen and oxygen atoms in total. The second-order valence-electron chi connectivity index (χ2n) is 6.07. The Labute approximate surface area is 149 Å². The molecule has 0 aliphatic carbocycles. The van der Waals surface area contributed by atoms with Crippen molar-refractivity contribution in [2.24, 2.45) is 5.92 Å². The molecule has 1 heterocycles. The van der Waals surface area contributed by atoms with Crippen LogP contribution in [0.1, 0.15) is 38.3 Å². The summed E-state index contributed by atoms with van der Waals surface area (Å²) in [5.41, 5.74) is 0.836. The summed E-state index contributed by atoms with van der Waals surface area (Å²) in [6.07, 6.45) is 0.573. The maximum absolute atomic E-state index is 12.6. The Morgan fingerprint density at radius 1 is 1.33 bits per heavy atom. The highest BCUT2D eigenvalue weighted by Crippen LogP contribution is 2.27. The first-order valence-corrected chi connectivity index (χ1v) is 8.63. The van der Waals surface area contributed by atoms with E-state index < -0.39 is 17.9 Å². The summed E-state index contributed by atoms with van der Waals surface area (Å²) in [6, 6.07) is 6.65. The van der Waals surface area contributed by atoms with Gasteiger partial charge in [-0.25, -0.2) is 0 Å². The minimum atomic E-state index is -0.871. The van der Waals surface area contributed by atoms with Gasteiger partial charge in [0, 0.05) is 24.0 Å². The fourth-order valence-corrected chi connectivity index (χ4v) is 3.37. The van der Waals surface area contributed by atoms with Gasteiger partial charge in [0.05, 0.1) is 18.4 Å². The Morgan fingerprint density at radius 2 is 1.96 bits per heavy atom. The number of hydrogen-bond donors (Lipinski definition) is 2. The second-order valence-corrected chi connectivity index (χ2v) is 6.99. The minimum Gasteiger partial charge on any atom is -0.481 e. The van der Waals surface area contributed by atoms with Crippen molar-refractivity contribution in [1.82, 2.24) is 10.2 Å². The summed E-state index contributed by atoms with van der Waals surface area (Å²) < 4.78 is 0.914. The van der Waals surface area contributed by atoms with Crippen LogP contribution in [0.25, 0.3) is 0 Å². The summed E-state index contributed by atoms with van der Waals surface area (Å²) in [5, 5.41) is 12.0. The van der Waals surface area contributed by atoms with Crippen LogP contribution in [0.2, 0.25) is 0 Å². The number of carbonyl (C=O) groups is 3. The zero-order valence-corrected chi connectivity index (χ0v) is 15.2. The number of nitrogens with zero attached hydrogens (tertiary/aromatic N) is 1. The molecular formula is C17H21BrN2O4. The number of benzene rings is 1. The molecule has 1 aromatic rings. The van der Waals surface area contributed by atoms with Crippen molar-refractivity contribution >= 4 is 33.7 Å². The molecule has 3 atom stereocenters. The van der Waals surface area contributed by atoms with Crippen LogP contribution in [0.4, 0.5) is 0 Å². The lowest BCUT2D eigenvalue weighted by molar-refractivity contribution is -0.143. The van der Waals surface area contributed by atoms with Crippen LogP contribution in [0.5, 0.6) is 0 Å². The van der Waals surface area contributed by atoms with Crippen LogP contribution in [0, 0.1) is 5.92 Å². The molecule has 1 fully saturated rings. The van der Waals surface area contributed by atoms with E-state index in [0.717, 1.165) is 10.0 Å². The fourth-order valence-electron chi connectivity index (χ4n) is 3.11. The largest absolute Gasteiger partial charge is 0.481 e. The summed E-state index contributed by atoms with van der Waals surface area (Å²) in [6.45, 7) is 3.61. The lowest BCUT2D eigenvalue weighted by atomic mass is 10.0. The van der Waals surface area contributed by atoms with Gasteiger partial charge in [0.25, 0.3) is 0 Å². The van der Waals surface area contributed by atoms with E-state index >= 15 is 0 Å². The second kappa shape index (κ2) is 7.79. The average Bonchev–Trinajstić information content (AvgIpc) is 2.88. The Hall–Kier alpha value is -1.89. The van der Waals surface area contributed by atoms with Crippen molar-refractivity contribution in [2.75, 3.05) is 6.54 Å². The number of aliphatic carboxylic acids is 1. The normalized spacial score (nSPS) is 21.4. The van der Waals surface area contributed by atoms with Gasteiger partial charge >= 0.3 is 5.97 Å². The monoisotopic (exact) mass is 396 g/mol. The van der Waals surface area contributed by atoms with Crippen molar-refractivity contribution in [3.05, 3.63) is 34.3 Å². The number of amides is 2. The zero-order chi connectivity index (χ0) is 17.9. The van der Waals surface area contributed by atoms with E-state index in [1.165, 1.54) is 6.92 Å². The van der Waals surface area contributed by atoms with Crippen LogP contribution >= 0.6 is 15.9 Å². The molecule has 1 saturated heterocycles. The molecular weight excluding hydrogens is 376 g/mol. The first-order chi connectivity index (χ1) is 11.3. The van der Waals surface area contributed by atoms with Crippen LogP contribution < -0.4 is 5.32 Å². The van der Waals surface area contributed by atoms with E-state index in [0.29, 0.717) is 13.0 Å². The van der Waals surface area contributed by atoms with Gasteiger partial charge in [-0.05, 0) is 31.0 Å².